The molecule has 3 N–H and O–H groups in total. The quantitative estimate of drug-likeness (QED) is 0.427. The molecule has 1 saturated carbocycles. The molecule has 9 heteroatoms. The van der Waals surface area contributed by atoms with E-state index in [0.29, 0.717) is 57.4 Å². The Bertz CT molecular complexity index is 971. The highest BCUT2D eigenvalue weighted by molar-refractivity contribution is 5.97. The van der Waals surface area contributed by atoms with Crippen molar-refractivity contribution in [1.82, 2.24) is 9.80 Å². The number of nitriles is 1. The van der Waals surface area contributed by atoms with E-state index >= 15 is 0 Å². The first-order valence-electron chi connectivity index (χ1n) is 13.6. The lowest BCUT2D eigenvalue weighted by Crippen LogP contribution is -2.61. The minimum absolute atomic E-state index is 0.321. The van der Waals surface area contributed by atoms with Crippen LogP contribution in [0, 0.1) is 22.7 Å². The van der Waals surface area contributed by atoms with Crippen LogP contribution >= 0.6 is 0 Å². The Labute approximate surface area is 221 Å². The maximum Gasteiger partial charge on any atom is 0.247 e. The van der Waals surface area contributed by atoms with Gasteiger partial charge in [-0.1, -0.05) is 32.1 Å². The van der Waals surface area contributed by atoms with E-state index in [4.69, 9.17) is 20.2 Å². The molecule has 1 aromatic carbocycles. The van der Waals surface area contributed by atoms with Crippen LogP contribution in [0.3, 0.4) is 0 Å². The van der Waals surface area contributed by atoms with Gasteiger partial charge in [0.05, 0.1) is 31.8 Å². The maximum atomic E-state index is 13.7. The third kappa shape index (κ3) is 6.02. The summed E-state index contributed by atoms with van der Waals surface area (Å²) in [6, 6.07) is 10.2. The van der Waals surface area contributed by atoms with E-state index < -0.39 is 16.9 Å². The molecule has 4 rings (SSSR count). The molecule has 0 bridgehead atoms. The molecule has 0 radical (unpaired) electrons. The van der Waals surface area contributed by atoms with Crippen molar-refractivity contribution in [1.29, 1.82) is 5.26 Å². The monoisotopic (exact) mass is 510 g/mol. The summed E-state index contributed by atoms with van der Waals surface area (Å²) in [5.74, 6) is 1.17. The second kappa shape index (κ2) is 12.1. The van der Waals surface area contributed by atoms with Gasteiger partial charge in [-0.15, -0.1) is 0 Å². The summed E-state index contributed by atoms with van der Waals surface area (Å²) in [7, 11) is 3.69. The number of anilines is 1. The first-order chi connectivity index (χ1) is 17.9. The van der Waals surface area contributed by atoms with Crippen LogP contribution in [0.2, 0.25) is 0 Å². The molecule has 0 spiro atoms. The average Bonchev–Trinajstić information content (AvgIpc) is 2.94. The zero-order chi connectivity index (χ0) is 26.3. The third-order valence-electron chi connectivity index (χ3n) is 8.52. The van der Waals surface area contributed by atoms with Crippen molar-refractivity contribution < 1.29 is 14.3 Å². The van der Waals surface area contributed by atoms with Crippen LogP contribution in [0.5, 0.6) is 5.75 Å². The number of guanidine groups is 1. The van der Waals surface area contributed by atoms with Crippen LogP contribution in [-0.2, 0) is 9.53 Å². The molecular weight excluding hydrogens is 468 g/mol. The summed E-state index contributed by atoms with van der Waals surface area (Å²) in [6.45, 7) is 3.90. The number of morpholine rings is 1. The van der Waals surface area contributed by atoms with Gasteiger partial charge in [0.15, 0.2) is 11.5 Å². The third-order valence-corrected chi connectivity index (χ3v) is 8.52. The van der Waals surface area contributed by atoms with Crippen LogP contribution < -0.4 is 15.8 Å². The van der Waals surface area contributed by atoms with Crippen molar-refractivity contribution in [2.24, 2.45) is 22.1 Å². The fraction of sp³-hybridized carbons (Fsp3) is 0.679. The fourth-order valence-corrected chi connectivity index (χ4v) is 6.10. The molecule has 9 nitrogen and oxygen atoms in total. The number of hydrogen-bond acceptors (Lipinski definition) is 6. The Morgan fingerprint density at radius 1 is 1.19 bits per heavy atom. The molecule has 3 aliphatic rings. The lowest BCUT2D eigenvalue weighted by molar-refractivity contribution is -0.129. The van der Waals surface area contributed by atoms with Crippen LogP contribution in [0.25, 0.3) is 0 Å². The van der Waals surface area contributed by atoms with Gasteiger partial charge in [0, 0.05) is 18.8 Å². The summed E-state index contributed by atoms with van der Waals surface area (Å²) in [6.07, 6.45) is 7.25. The predicted octanol–water partition coefficient (Wildman–Crippen LogP) is 3.23. The number of amides is 1. The first-order valence-corrected chi connectivity index (χ1v) is 13.6. The summed E-state index contributed by atoms with van der Waals surface area (Å²) in [4.78, 5) is 23.3. The zero-order valence-electron chi connectivity index (χ0n) is 22.4. The molecule has 3 fully saturated rings. The molecule has 0 aromatic heterocycles. The lowest BCUT2D eigenvalue weighted by Gasteiger charge is -2.48. The molecule has 1 aliphatic carbocycles. The SMILES string of the molecule is COc1ccc(NC(=NC(CC2CCCCC2)(C(N)=O)C2(C#N)CCN(C)CC2)N2CCOCC2)cc1. The lowest BCUT2D eigenvalue weighted by atomic mass is 9.60. The number of aliphatic imine (C=N–C) groups is 1. The summed E-state index contributed by atoms with van der Waals surface area (Å²) < 4.78 is 10.9. The van der Waals surface area contributed by atoms with E-state index in [0.717, 1.165) is 50.2 Å². The number of carbonyl (C=O) groups excluding carboxylic acids is 1. The molecule has 1 amide bonds. The van der Waals surface area contributed by atoms with Gasteiger partial charge in [0.25, 0.3) is 0 Å². The highest BCUT2D eigenvalue weighted by Crippen LogP contribution is 2.49. The van der Waals surface area contributed by atoms with E-state index in [1.807, 2.05) is 24.3 Å². The van der Waals surface area contributed by atoms with Crippen LogP contribution in [0.1, 0.15) is 51.4 Å². The summed E-state index contributed by atoms with van der Waals surface area (Å²) >= 11 is 0. The Morgan fingerprint density at radius 3 is 2.41 bits per heavy atom. The van der Waals surface area contributed by atoms with Crippen molar-refractivity contribution in [3.8, 4) is 11.8 Å². The minimum atomic E-state index is -1.32. The second-order valence-corrected chi connectivity index (χ2v) is 10.8. The largest absolute Gasteiger partial charge is 0.497 e. The first kappa shape index (κ1) is 27.2. The molecule has 1 atom stereocenters. The number of nitrogens with zero attached hydrogens (tertiary/aromatic N) is 4. The molecule has 37 heavy (non-hydrogen) atoms. The van der Waals surface area contributed by atoms with E-state index in [-0.39, 0.29) is 0 Å². The second-order valence-electron chi connectivity index (χ2n) is 10.8. The summed E-state index contributed by atoms with van der Waals surface area (Å²) in [5.41, 5.74) is 4.88. The van der Waals surface area contributed by atoms with Crippen molar-refractivity contribution >= 4 is 17.6 Å². The Morgan fingerprint density at radius 2 is 1.84 bits per heavy atom. The van der Waals surface area contributed by atoms with E-state index in [9.17, 15) is 10.1 Å². The van der Waals surface area contributed by atoms with E-state index in [1.54, 1.807) is 7.11 Å². The van der Waals surface area contributed by atoms with Crippen LogP contribution in [-0.4, -0.2) is 80.8 Å². The molecular formula is C28H42N6O3. The van der Waals surface area contributed by atoms with Gasteiger partial charge < -0.3 is 30.3 Å². The minimum Gasteiger partial charge on any atom is -0.497 e. The number of hydrogen-bond donors (Lipinski definition) is 2. The molecule has 2 heterocycles. The summed E-state index contributed by atoms with van der Waals surface area (Å²) in [5, 5.41) is 14.2. The Hall–Kier alpha value is -2.83. The maximum absolute atomic E-state index is 13.7. The van der Waals surface area contributed by atoms with Gasteiger partial charge in [-0.25, -0.2) is 4.99 Å². The standard InChI is InChI=1S/C28H42N6O3/c1-33-14-12-27(21-29,13-15-33)28(25(30)35,20-22-6-4-3-5-7-22)32-26(34-16-18-37-19-17-34)31-23-8-10-24(36-2)11-9-23/h8-11,22H,3-7,12-20H2,1-2H3,(H2,30,35)(H,31,32). The number of ether oxygens (including phenoxy) is 2. The topological polar surface area (TPSA) is 116 Å². The Balaban J connectivity index is 1.81. The number of methoxy groups -OCH3 is 1. The van der Waals surface area contributed by atoms with Crippen molar-refractivity contribution in [2.45, 2.75) is 56.9 Å². The van der Waals surface area contributed by atoms with Gasteiger partial charge in [-0.3, -0.25) is 4.79 Å². The van der Waals surface area contributed by atoms with Gasteiger partial charge in [0.2, 0.25) is 5.91 Å². The predicted molar refractivity (Wildman–Crippen MR) is 144 cm³/mol. The fourth-order valence-electron chi connectivity index (χ4n) is 6.10. The number of piperidine rings is 1. The normalized spacial score (nSPS) is 23.1. The van der Waals surface area contributed by atoms with Gasteiger partial charge >= 0.3 is 0 Å². The van der Waals surface area contributed by atoms with E-state index in [2.05, 4.69) is 28.2 Å². The highest BCUT2D eigenvalue weighted by Gasteiger charge is 2.58. The molecule has 1 aromatic rings. The average molecular weight is 511 g/mol. The highest BCUT2D eigenvalue weighted by atomic mass is 16.5. The van der Waals surface area contributed by atoms with Crippen molar-refractivity contribution in [2.75, 3.05) is 58.9 Å². The van der Waals surface area contributed by atoms with Gasteiger partial charge in [-0.2, -0.15) is 5.26 Å². The van der Waals surface area contributed by atoms with Crippen LogP contribution in [0.15, 0.2) is 29.3 Å². The van der Waals surface area contributed by atoms with Crippen molar-refractivity contribution in [3.63, 3.8) is 0 Å². The molecule has 2 saturated heterocycles. The number of nitrogens with two attached hydrogens (primary N) is 1. The number of benzene rings is 1. The van der Waals surface area contributed by atoms with Gasteiger partial charge in [-0.05, 0) is 69.6 Å². The number of likely N-dealkylation sites (tertiary alicyclic amines) is 1. The molecule has 1 unspecified atom stereocenters. The number of primary amides is 1. The smallest absolute Gasteiger partial charge is 0.247 e. The van der Waals surface area contributed by atoms with Crippen LogP contribution in [0.4, 0.5) is 5.69 Å². The molecule has 2 aliphatic heterocycles. The number of carbonyl (C=O) groups is 1. The molecule has 202 valence electrons. The van der Waals surface area contributed by atoms with E-state index in [1.165, 1.54) is 6.42 Å². The van der Waals surface area contributed by atoms with Gasteiger partial charge in [0.1, 0.15) is 5.75 Å². The zero-order valence-corrected chi connectivity index (χ0v) is 22.4. The number of rotatable bonds is 7. The Kier molecular flexibility index (Phi) is 8.93. The number of nitrogens with one attached hydrogen (secondary N) is 1. The van der Waals surface area contributed by atoms with Crippen molar-refractivity contribution in [3.05, 3.63) is 24.3 Å².